The fraction of sp³-hybridized carbons (Fsp3) is 0.889. The lowest BCUT2D eigenvalue weighted by Crippen LogP contribution is -2.44. The molecule has 0 radical (unpaired) electrons. The molecule has 0 amide bonds. The summed E-state index contributed by atoms with van der Waals surface area (Å²) < 4.78 is 5.20. The fourth-order valence-electron chi connectivity index (χ4n) is 1.19. The third kappa shape index (κ3) is 4.11. The second kappa shape index (κ2) is 6.40. The smallest absolute Gasteiger partial charge is 0.176 e. The first-order valence-electron chi connectivity index (χ1n) is 4.76. The first-order chi connectivity index (χ1) is 6.34. The molecule has 0 bridgehead atoms. The van der Waals surface area contributed by atoms with Crippen LogP contribution in [0.15, 0.2) is 0 Å². The average molecular weight is 203 g/mol. The summed E-state index contributed by atoms with van der Waals surface area (Å²) >= 11 is 1.83. The number of ketones is 1. The zero-order chi connectivity index (χ0) is 9.52. The zero-order valence-corrected chi connectivity index (χ0v) is 8.86. The van der Waals surface area contributed by atoms with E-state index >= 15 is 0 Å². The molecule has 0 spiro atoms. The Morgan fingerprint density at radius 2 is 2.54 bits per heavy atom. The highest BCUT2D eigenvalue weighted by atomic mass is 32.2. The second-order valence-electron chi connectivity index (χ2n) is 3.10. The molecule has 1 N–H and O–H groups in total. The van der Waals surface area contributed by atoms with Gasteiger partial charge in [0, 0.05) is 24.7 Å². The van der Waals surface area contributed by atoms with Gasteiger partial charge < -0.3 is 10.1 Å². The maximum Gasteiger partial charge on any atom is 0.176 e. The molecule has 76 valence electrons. The maximum absolute atomic E-state index is 11.5. The van der Waals surface area contributed by atoms with E-state index in [1.807, 2.05) is 18.7 Å². The predicted molar refractivity (Wildman–Crippen MR) is 55.2 cm³/mol. The highest BCUT2D eigenvalue weighted by molar-refractivity contribution is 7.99. The van der Waals surface area contributed by atoms with E-state index in [2.05, 4.69) is 5.32 Å². The van der Waals surface area contributed by atoms with Gasteiger partial charge in [-0.1, -0.05) is 6.92 Å². The van der Waals surface area contributed by atoms with Gasteiger partial charge in [0.05, 0.1) is 6.04 Å². The first kappa shape index (κ1) is 11.0. The Balaban J connectivity index is 2.13. The van der Waals surface area contributed by atoms with E-state index in [0.29, 0.717) is 6.61 Å². The molecule has 0 aromatic heterocycles. The highest BCUT2D eigenvalue weighted by Gasteiger charge is 2.20. The minimum atomic E-state index is 0.0237. The van der Waals surface area contributed by atoms with Crippen LogP contribution in [0.4, 0.5) is 0 Å². The van der Waals surface area contributed by atoms with Crippen LogP contribution in [-0.4, -0.2) is 43.1 Å². The van der Waals surface area contributed by atoms with Gasteiger partial charge in [-0.2, -0.15) is 11.8 Å². The second-order valence-corrected chi connectivity index (χ2v) is 4.25. The number of hydrogen-bond donors (Lipinski definition) is 1. The van der Waals surface area contributed by atoms with Crippen LogP contribution in [0, 0.1) is 0 Å². The van der Waals surface area contributed by atoms with Crippen molar-refractivity contribution in [2.24, 2.45) is 0 Å². The van der Waals surface area contributed by atoms with Gasteiger partial charge in [0.1, 0.15) is 6.61 Å². The minimum Gasteiger partial charge on any atom is -0.374 e. The van der Waals surface area contributed by atoms with Gasteiger partial charge in [0.25, 0.3) is 0 Å². The molecule has 1 fully saturated rings. The third-order valence-corrected chi connectivity index (χ3v) is 2.96. The molecule has 0 aromatic rings. The highest BCUT2D eigenvalue weighted by Crippen LogP contribution is 2.08. The van der Waals surface area contributed by atoms with Crippen molar-refractivity contribution in [1.29, 1.82) is 0 Å². The topological polar surface area (TPSA) is 38.3 Å². The molecule has 13 heavy (non-hydrogen) atoms. The van der Waals surface area contributed by atoms with Crippen LogP contribution in [0.5, 0.6) is 0 Å². The number of thioether (sulfide) groups is 1. The van der Waals surface area contributed by atoms with E-state index < -0.39 is 0 Å². The minimum absolute atomic E-state index is 0.0237. The zero-order valence-electron chi connectivity index (χ0n) is 8.04. The molecule has 1 heterocycles. The molecule has 3 nitrogen and oxygen atoms in total. The monoisotopic (exact) mass is 203 g/mol. The summed E-state index contributed by atoms with van der Waals surface area (Å²) in [6.45, 7) is 3.94. The first-order valence-corrected chi connectivity index (χ1v) is 5.91. The third-order valence-electron chi connectivity index (χ3n) is 1.90. The molecule has 1 unspecified atom stereocenters. The molecular formula is C9H17NO2S. The number of hydrogen-bond acceptors (Lipinski definition) is 4. The Bertz CT molecular complexity index is 158. The lowest BCUT2D eigenvalue weighted by Gasteiger charge is -2.21. The summed E-state index contributed by atoms with van der Waals surface area (Å²) in [5, 5.41) is 3.20. The largest absolute Gasteiger partial charge is 0.374 e. The summed E-state index contributed by atoms with van der Waals surface area (Å²) in [6, 6.07) is 0.0237. The van der Waals surface area contributed by atoms with Gasteiger partial charge in [-0.05, 0) is 6.42 Å². The summed E-state index contributed by atoms with van der Waals surface area (Å²) in [6.07, 6.45) is 0.972. The van der Waals surface area contributed by atoms with E-state index in [1.165, 1.54) is 0 Å². The van der Waals surface area contributed by atoms with E-state index in [-0.39, 0.29) is 18.4 Å². The molecule has 1 aliphatic heterocycles. The number of carbonyl (C=O) groups is 1. The van der Waals surface area contributed by atoms with Crippen molar-refractivity contribution in [1.82, 2.24) is 5.32 Å². The summed E-state index contributed by atoms with van der Waals surface area (Å²) in [5.41, 5.74) is 0. The van der Waals surface area contributed by atoms with E-state index in [4.69, 9.17) is 4.74 Å². The fourth-order valence-corrected chi connectivity index (χ4v) is 2.16. The SMILES string of the molecule is CCCOCC(=O)C1CSCCN1. The molecule has 0 saturated carbocycles. The van der Waals surface area contributed by atoms with Gasteiger partial charge in [-0.15, -0.1) is 0 Å². The van der Waals surface area contributed by atoms with Gasteiger partial charge in [-0.3, -0.25) is 4.79 Å². The van der Waals surface area contributed by atoms with Gasteiger partial charge >= 0.3 is 0 Å². The summed E-state index contributed by atoms with van der Waals surface area (Å²) in [7, 11) is 0. The van der Waals surface area contributed by atoms with Crippen LogP contribution in [-0.2, 0) is 9.53 Å². The van der Waals surface area contributed by atoms with Crippen LogP contribution < -0.4 is 5.32 Å². The Morgan fingerprint density at radius 1 is 1.69 bits per heavy atom. The molecule has 1 rings (SSSR count). The van der Waals surface area contributed by atoms with Crippen molar-refractivity contribution in [3.05, 3.63) is 0 Å². The molecule has 4 heteroatoms. The summed E-state index contributed by atoms with van der Waals surface area (Å²) in [4.78, 5) is 11.5. The number of Topliss-reactive ketones (excluding diaryl/α,β-unsaturated/α-hetero) is 1. The molecule has 1 aliphatic rings. The van der Waals surface area contributed by atoms with Crippen molar-refractivity contribution < 1.29 is 9.53 Å². The Morgan fingerprint density at radius 3 is 3.15 bits per heavy atom. The Hall–Kier alpha value is -0.0600. The van der Waals surface area contributed by atoms with Crippen LogP contribution in [0.3, 0.4) is 0 Å². The van der Waals surface area contributed by atoms with Crippen molar-refractivity contribution in [3.8, 4) is 0 Å². The van der Waals surface area contributed by atoms with Crippen molar-refractivity contribution in [2.45, 2.75) is 19.4 Å². The summed E-state index contributed by atoms with van der Waals surface area (Å²) in [5.74, 6) is 2.20. The molecule has 1 atom stereocenters. The van der Waals surface area contributed by atoms with Crippen LogP contribution in [0.1, 0.15) is 13.3 Å². The Labute approximate surface area is 83.6 Å². The maximum atomic E-state index is 11.5. The van der Waals surface area contributed by atoms with Crippen molar-refractivity contribution in [3.63, 3.8) is 0 Å². The van der Waals surface area contributed by atoms with Gasteiger partial charge in [-0.25, -0.2) is 0 Å². The average Bonchev–Trinajstić information content (AvgIpc) is 2.19. The molecular weight excluding hydrogens is 186 g/mol. The van der Waals surface area contributed by atoms with Gasteiger partial charge in [0.15, 0.2) is 5.78 Å². The van der Waals surface area contributed by atoms with Crippen LogP contribution >= 0.6 is 11.8 Å². The lowest BCUT2D eigenvalue weighted by atomic mass is 10.2. The quantitative estimate of drug-likeness (QED) is 0.667. The van der Waals surface area contributed by atoms with E-state index in [0.717, 1.165) is 24.5 Å². The molecule has 0 aromatic carbocycles. The molecule has 1 saturated heterocycles. The van der Waals surface area contributed by atoms with E-state index in [9.17, 15) is 4.79 Å². The number of nitrogens with one attached hydrogen (secondary N) is 1. The number of rotatable bonds is 5. The normalized spacial score (nSPS) is 23.0. The number of ether oxygens (including phenoxy) is 1. The van der Waals surface area contributed by atoms with E-state index in [1.54, 1.807) is 0 Å². The van der Waals surface area contributed by atoms with Crippen LogP contribution in [0.2, 0.25) is 0 Å². The Kier molecular flexibility index (Phi) is 5.43. The lowest BCUT2D eigenvalue weighted by molar-refractivity contribution is -0.125. The van der Waals surface area contributed by atoms with Gasteiger partial charge in [0.2, 0.25) is 0 Å². The van der Waals surface area contributed by atoms with Crippen LogP contribution in [0.25, 0.3) is 0 Å². The van der Waals surface area contributed by atoms with Crippen molar-refractivity contribution >= 4 is 17.5 Å². The molecule has 0 aliphatic carbocycles. The standard InChI is InChI=1S/C9H17NO2S/c1-2-4-12-6-9(11)8-7-13-5-3-10-8/h8,10H,2-7H2,1H3. The van der Waals surface area contributed by atoms with Crippen molar-refractivity contribution in [2.75, 3.05) is 31.3 Å². The predicted octanol–water partition coefficient (Wildman–Crippen LogP) is 0.687. The number of carbonyl (C=O) groups excluding carboxylic acids is 1.